The van der Waals surface area contributed by atoms with Crippen molar-refractivity contribution < 1.29 is 17.1 Å². The first-order valence-corrected chi connectivity index (χ1v) is 6.92. The molecule has 0 aromatic carbocycles. The Bertz CT molecular complexity index is 600. The molecular weight excluding hydrogens is 259 g/mol. The van der Waals surface area contributed by atoms with E-state index in [0.29, 0.717) is 11.4 Å². The number of hydrogen-bond acceptors (Lipinski definition) is 4. The quantitative estimate of drug-likeness (QED) is 0.756. The molecule has 0 bridgehead atoms. The first-order chi connectivity index (χ1) is 8.29. The highest BCUT2D eigenvalue weighted by atomic mass is 32.3. The molecule has 1 amide bonds. The molecule has 1 atom stereocenters. The third-order valence-corrected chi connectivity index (χ3v) is 4.09. The van der Waals surface area contributed by atoms with Crippen LogP contribution in [-0.2, 0) is 15.0 Å². The van der Waals surface area contributed by atoms with Gasteiger partial charge in [-0.2, -0.15) is 8.42 Å². The van der Waals surface area contributed by atoms with Gasteiger partial charge in [0, 0.05) is 18.7 Å². The molecule has 2 rings (SSSR count). The number of hydrogen-bond donors (Lipinski definition) is 0. The predicted octanol–water partition coefficient (Wildman–Crippen LogP) is 1.10. The van der Waals surface area contributed by atoms with Crippen molar-refractivity contribution in [3.8, 4) is 0 Å². The van der Waals surface area contributed by atoms with Crippen LogP contribution in [0.4, 0.5) is 9.57 Å². The summed E-state index contributed by atoms with van der Waals surface area (Å²) in [4.78, 5) is 17.2. The SMILES string of the molecule is Cc1ccc(N2CC(S(=O)(=O)F)CC2=O)c(C)n1. The van der Waals surface area contributed by atoms with Crippen LogP contribution < -0.4 is 4.90 Å². The van der Waals surface area contributed by atoms with Crippen molar-refractivity contribution in [2.45, 2.75) is 25.5 Å². The second kappa shape index (κ2) is 4.31. The predicted molar refractivity (Wildman–Crippen MR) is 64.5 cm³/mol. The van der Waals surface area contributed by atoms with E-state index in [2.05, 4.69) is 4.98 Å². The van der Waals surface area contributed by atoms with Gasteiger partial charge in [0.25, 0.3) is 0 Å². The maximum atomic E-state index is 12.9. The maximum absolute atomic E-state index is 12.9. The maximum Gasteiger partial charge on any atom is 0.307 e. The lowest BCUT2D eigenvalue weighted by Crippen LogP contribution is -2.27. The lowest BCUT2D eigenvalue weighted by Gasteiger charge is -2.18. The van der Waals surface area contributed by atoms with Gasteiger partial charge in [-0.05, 0) is 26.0 Å². The van der Waals surface area contributed by atoms with E-state index in [-0.39, 0.29) is 13.0 Å². The number of carbonyl (C=O) groups excluding carboxylic acids is 1. The minimum Gasteiger partial charge on any atom is -0.309 e. The normalized spacial score (nSPS) is 20.5. The van der Waals surface area contributed by atoms with Crippen LogP contribution in [0.1, 0.15) is 17.8 Å². The van der Waals surface area contributed by atoms with Crippen molar-refractivity contribution in [2.75, 3.05) is 11.4 Å². The Morgan fingerprint density at radius 2 is 2.06 bits per heavy atom. The molecule has 2 heterocycles. The molecule has 1 saturated heterocycles. The van der Waals surface area contributed by atoms with E-state index >= 15 is 0 Å². The molecule has 1 aliphatic heterocycles. The number of halogens is 1. The fraction of sp³-hybridized carbons (Fsp3) is 0.455. The minimum atomic E-state index is -4.68. The fourth-order valence-corrected chi connectivity index (χ4v) is 2.73. The average Bonchev–Trinajstić information content (AvgIpc) is 2.60. The van der Waals surface area contributed by atoms with Crippen LogP contribution in [0, 0.1) is 13.8 Å². The summed E-state index contributed by atoms with van der Waals surface area (Å²) in [6, 6.07) is 3.43. The van der Waals surface area contributed by atoms with Gasteiger partial charge in [0.1, 0.15) is 5.25 Å². The molecule has 18 heavy (non-hydrogen) atoms. The third-order valence-electron chi connectivity index (χ3n) is 2.98. The monoisotopic (exact) mass is 272 g/mol. The van der Waals surface area contributed by atoms with Crippen molar-refractivity contribution in [1.82, 2.24) is 4.98 Å². The molecule has 1 aromatic heterocycles. The molecule has 0 radical (unpaired) electrons. The largest absolute Gasteiger partial charge is 0.309 e. The van der Waals surface area contributed by atoms with Gasteiger partial charge >= 0.3 is 10.2 Å². The van der Waals surface area contributed by atoms with Crippen LogP contribution in [0.3, 0.4) is 0 Å². The zero-order chi connectivity index (χ0) is 13.5. The van der Waals surface area contributed by atoms with Gasteiger partial charge < -0.3 is 4.90 Å². The van der Waals surface area contributed by atoms with Crippen molar-refractivity contribution in [3.05, 3.63) is 23.5 Å². The molecule has 0 aliphatic carbocycles. The van der Waals surface area contributed by atoms with Gasteiger partial charge in [-0.3, -0.25) is 9.78 Å². The van der Waals surface area contributed by atoms with Gasteiger partial charge in [-0.15, -0.1) is 3.89 Å². The van der Waals surface area contributed by atoms with Crippen molar-refractivity contribution in [2.24, 2.45) is 0 Å². The van der Waals surface area contributed by atoms with Crippen molar-refractivity contribution in [1.29, 1.82) is 0 Å². The summed E-state index contributed by atoms with van der Waals surface area (Å²) in [6.07, 6.45) is -0.313. The lowest BCUT2D eigenvalue weighted by molar-refractivity contribution is -0.117. The average molecular weight is 272 g/mol. The van der Waals surface area contributed by atoms with E-state index in [1.165, 1.54) is 4.90 Å². The molecule has 0 saturated carbocycles. The van der Waals surface area contributed by atoms with E-state index < -0.39 is 21.4 Å². The van der Waals surface area contributed by atoms with E-state index in [1.54, 1.807) is 19.1 Å². The lowest BCUT2D eigenvalue weighted by atomic mass is 10.2. The highest BCUT2D eigenvalue weighted by Gasteiger charge is 2.39. The van der Waals surface area contributed by atoms with Gasteiger partial charge in [0.2, 0.25) is 5.91 Å². The molecular formula is C11H13FN2O3S. The van der Waals surface area contributed by atoms with Crippen LogP contribution in [-0.4, -0.2) is 31.1 Å². The second-order valence-electron chi connectivity index (χ2n) is 4.36. The number of amides is 1. The van der Waals surface area contributed by atoms with Crippen molar-refractivity contribution >= 4 is 21.8 Å². The minimum absolute atomic E-state index is 0.150. The first kappa shape index (κ1) is 12.9. The Hall–Kier alpha value is -1.50. The van der Waals surface area contributed by atoms with Gasteiger partial charge in [-0.25, -0.2) is 0 Å². The third kappa shape index (κ3) is 2.35. The Morgan fingerprint density at radius 3 is 2.56 bits per heavy atom. The summed E-state index contributed by atoms with van der Waals surface area (Å²) in [7, 11) is -4.68. The molecule has 1 aromatic rings. The van der Waals surface area contributed by atoms with Gasteiger partial charge in [0.05, 0.1) is 11.4 Å². The smallest absolute Gasteiger partial charge is 0.307 e. The summed E-state index contributed by atoms with van der Waals surface area (Å²) in [6.45, 7) is 3.40. The van der Waals surface area contributed by atoms with Crippen LogP contribution >= 0.6 is 0 Å². The summed E-state index contributed by atoms with van der Waals surface area (Å²) < 4.78 is 34.6. The number of aryl methyl sites for hydroxylation is 2. The number of carbonyl (C=O) groups is 1. The number of rotatable bonds is 2. The summed E-state index contributed by atoms with van der Waals surface area (Å²) in [5.74, 6) is -0.394. The van der Waals surface area contributed by atoms with Crippen LogP contribution in [0.25, 0.3) is 0 Å². The van der Waals surface area contributed by atoms with Crippen molar-refractivity contribution in [3.63, 3.8) is 0 Å². The summed E-state index contributed by atoms with van der Waals surface area (Å²) in [5.41, 5.74) is 1.97. The Balaban J connectivity index is 2.33. The Kier molecular flexibility index (Phi) is 3.10. The van der Waals surface area contributed by atoms with E-state index in [1.807, 2.05) is 6.92 Å². The summed E-state index contributed by atoms with van der Waals surface area (Å²) in [5, 5.41) is -1.27. The van der Waals surface area contributed by atoms with E-state index in [0.717, 1.165) is 5.69 Å². The van der Waals surface area contributed by atoms with E-state index in [9.17, 15) is 17.1 Å². The molecule has 0 spiro atoms. The number of anilines is 1. The highest BCUT2D eigenvalue weighted by Crippen LogP contribution is 2.27. The van der Waals surface area contributed by atoms with Crippen LogP contribution in [0.2, 0.25) is 0 Å². The Labute approximate surface area is 105 Å². The number of pyridine rings is 1. The highest BCUT2D eigenvalue weighted by molar-refractivity contribution is 7.87. The first-order valence-electron chi connectivity index (χ1n) is 5.47. The second-order valence-corrected chi connectivity index (χ2v) is 5.98. The molecule has 7 heteroatoms. The topological polar surface area (TPSA) is 67.3 Å². The number of nitrogens with zero attached hydrogens (tertiary/aromatic N) is 2. The fourth-order valence-electron chi connectivity index (χ4n) is 2.06. The van der Waals surface area contributed by atoms with Gasteiger partial charge in [-0.1, -0.05) is 0 Å². The van der Waals surface area contributed by atoms with Crippen LogP contribution in [0.15, 0.2) is 12.1 Å². The van der Waals surface area contributed by atoms with Crippen LogP contribution in [0.5, 0.6) is 0 Å². The van der Waals surface area contributed by atoms with E-state index in [4.69, 9.17) is 0 Å². The molecule has 1 aliphatic rings. The summed E-state index contributed by atoms with van der Waals surface area (Å²) >= 11 is 0. The molecule has 98 valence electrons. The molecule has 1 fully saturated rings. The molecule has 5 nitrogen and oxygen atoms in total. The number of aromatic nitrogens is 1. The molecule has 0 N–H and O–H groups in total. The zero-order valence-corrected chi connectivity index (χ0v) is 10.9. The van der Waals surface area contributed by atoms with Gasteiger partial charge in [0.15, 0.2) is 0 Å². The molecule has 1 unspecified atom stereocenters. The zero-order valence-electron chi connectivity index (χ0n) is 10.1. The Morgan fingerprint density at radius 1 is 1.39 bits per heavy atom. The standard InChI is InChI=1S/C11H13FN2O3S/c1-7-3-4-10(8(2)13-7)14-6-9(5-11(14)15)18(12,16)17/h3-4,9H,5-6H2,1-2H3.